The number of hydrogen-bond donors (Lipinski definition) is 1. The van der Waals surface area contributed by atoms with Gasteiger partial charge in [-0.1, -0.05) is 0 Å². The van der Waals surface area contributed by atoms with Crippen molar-refractivity contribution in [2.75, 3.05) is 20.1 Å². The van der Waals surface area contributed by atoms with Crippen LogP contribution in [0.2, 0.25) is 0 Å². The zero-order valence-corrected chi connectivity index (χ0v) is 15.1. The molecule has 130 valence electrons. The van der Waals surface area contributed by atoms with Gasteiger partial charge in [-0.3, -0.25) is 9.69 Å². The molecule has 25 heavy (non-hydrogen) atoms. The van der Waals surface area contributed by atoms with E-state index in [0.717, 1.165) is 37.5 Å². The molecule has 2 fully saturated rings. The first-order chi connectivity index (χ1) is 12.1. The number of hydrogen-bond acceptors (Lipinski definition) is 5. The molecular formula is C18H21N5OS. The molecule has 1 aliphatic heterocycles. The smallest absolute Gasteiger partial charge is 0.270 e. The number of likely N-dealkylation sites (tertiary alicyclic amines) is 1. The summed E-state index contributed by atoms with van der Waals surface area (Å²) in [6, 6.07) is 5.99. The van der Waals surface area contributed by atoms with Crippen LogP contribution in [0, 0.1) is 16.7 Å². The number of nitriles is 1. The quantitative estimate of drug-likeness (QED) is 0.914. The van der Waals surface area contributed by atoms with E-state index in [1.165, 1.54) is 6.42 Å². The number of carbonyl (C=O) groups is 1. The molecule has 4 rings (SSSR count). The van der Waals surface area contributed by atoms with Gasteiger partial charge < -0.3 is 9.88 Å². The van der Waals surface area contributed by atoms with Crippen molar-refractivity contribution in [1.82, 2.24) is 19.8 Å². The molecule has 6 nitrogen and oxygen atoms in total. The largest absolute Gasteiger partial charge is 0.342 e. The molecule has 0 bridgehead atoms. The molecule has 1 N–H and O–H groups in total. The van der Waals surface area contributed by atoms with Crippen LogP contribution in [0.1, 0.15) is 40.5 Å². The molecule has 1 atom stereocenters. The Hall–Kier alpha value is -2.17. The van der Waals surface area contributed by atoms with Crippen molar-refractivity contribution in [3.63, 3.8) is 0 Å². The molecule has 2 aromatic heterocycles. The Morgan fingerprint density at radius 1 is 1.52 bits per heavy atom. The van der Waals surface area contributed by atoms with E-state index in [-0.39, 0.29) is 5.91 Å². The Labute approximate surface area is 151 Å². The first-order valence-electron chi connectivity index (χ1n) is 8.58. The lowest BCUT2D eigenvalue weighted by Crippen LogP contribution is -2.41. The summed E-state index contributed by atoms with van der Waals surface area (Å²) in [4.78, 5) is 24.1. The molecular weight excluding hydrogens is 334 g/mol. The second-order valence-electron chi connectivity index (χ2n) is 7.11. The molecule has 1 unspecified atom stereocenters. The van der Waals surface area contributed by atoms with Gasteiger partial charge in [-0.2, -0.15) is 5.26 Å². The van der Waals surface area contributed by atoms with E-state index < -0.39 is 0 Å². The molecule has 1 saturated carbocycles. The highest BCUT2D eigenvalue weighted by molar-refractivity contribution is 7.09. The zero-order chi connectivity index (χ0) is 17.4. The Morgan fingerprint density at radius 2 is 2.32 bits per heavy atom. The zero-order valence-electron chi connectivity index (χ0n) is 14.2. The van der Waals surface area contributed by atoms with Crippen molar-refractivity contribution in [2.45, 2.75) is 31.8 Å². The van der Waals surface area contributed by atoms with E-state index in [1.54, 1.807) is 23.5 Å². The number of rotatable bonds is 4. The van der Waals surface area contributed by atoms with Gasteiger partial charge in [-0.25, -0.2) is 4.98 Å². The average molecular weight is 355 g/mol. The van der Waals surface area contributed by atoms with Crippen LogP contribution >= 0.6 is 11.3 Å². The van der Waals surface area contributed by atoms with Gasteiger partial charge in [0.1, 0.15) is 22.5 Å². The maximum Gasteiger partial charge on any atom is 0.270 e. The van der Waals surface area contributed by atoms with E-state index in [9.17, 15) is 4.79 Å². The normalized spacial score (nSPS) is 21.5. The summed E-state index contributed by atoms with van der Waals surface area (Å²) in [5, 5.41) is 12.1. The van der Waals surface area contributed by atoms with Crippen molar-refractivity contribution in [3.05, 3.63) is 40.1 Å². The predicted octanol–water partition coefficient (Wildman–Crippen LogP) is 2.47. The average Bonchev–Trinajstić information content (AvgIpc) is 3.02. The SMILES string of the molecule is CN(Cc1nccs1)C1CC12CCN(C(=O)c1ccc(C#N)[nH]1)CC2. The Morgan fingerprint density at radius 3 is 2.96 bits per heavy atom. The molecule has 3 heterocycles. The standard InChI is InChI=1S/C18H21N5OS/c1-22(12-16-20-6-9-25-16)15-10-18(15)4-7-23(8-5-18)17(24)14-3-2-13(11-19)21-14/h2-3,6,9,15,21H,4-5,7-8,10,12H2,1H3. The van der Waals surface area contributed by atoms with Crippen LogP contribution < -0.4 is 0 Å². The van der Waals surface area contributed by atoms with Crippen LogP contribution in [0.25, 0.3) is 0 Å². The third kappa shape index (κ3) is 3.08. The van der Waals surface area contributed by atoms with E-state index in [4.69, 9.17) is 5.26 Å². The summed E-state index contributed by atoms with van der Waals surface area (Å²) in [7, 11) is 2.18. The number of thiazole rings is 1. The summed E-state index contributed by atoms with van der Waals surface area (Å²) >= 11 is 1.71. The Kier molecular flexibility index (Phi) is 4.10. The van der Waals surface area contributed by atoms with E-state index in [0.29, 0.717) is 22.8 Å². The number of piperidine rings is 1. The van der Waals surface area contributed by atoms with Crippen molar-refractivity contribution in [3.8, 4) is 6.07 Å². The minimum Gasteiger partial charge on any atom is -0.342 e. The number of nitrogens with zero attached hydrogens (tertiary/aromatic N) is 4. The topological polar surface area (TPSA) is 76.0 Å². The fourth-order valence-corrected chi connectivity index (χ4v) is 4.73. The number of amides is 1. The first-order valence-corrected chi connectivity index (χ1v) is 9.46. The molecule has 2 aromatic rings. The molecule has 1 aliphatic carbocycles. The van der Waals surface area contributed by atoms with Gasteiger partial charge in [0.05, 0.1) is 6.54 Å². The van der Waals surface area contributed by atoms with Crippen LogP contribution in [0.3, 0.4) is 0 Å². The highest BCUT2D eigenvalue weighted by Crippen LogP contribution is 2.56. The van der Waals surface area contributed by atoms with E-state index in [1.807, 2.05) is 22.5 Å². The third-order valence-electron chi connectivity index (χ3n) is 5.63. The van der Waals surface area contributed by atoms with Crippen molar-refractivity contribution in [2.24, 2.45) is 5.41 Å². The van der Waals surface area contributed by atoms with Gasteiger partial charge in [0.2, 0.25) is 0 Å². The van der Waals surface area contributed by atoms with Crippen LogP contribution in [-0.4, -0.2) is 51.9 Å². The van der Waals surface area contributed by atoms with Crippen molar-refractivity contribution in [1.29, 1.82) is 5.26 Å². The summed E-state index contributed by atoms with van der Waals surface area (Å²) in [6.45, 7) is 2.49. The number of aromatic nitrogens is 2. The Balaban J connectivity index is 1.33. The monoisotopic (exact) mass is 355 g/mol. The van der Waals surface area contributed by atoms with Crippen molar-refractivity contribution >= 4 is 17.2 Å². The van der Waals surface area contributed by atoms with Crippen LogP contribution in [0.5, 0.6) is 0 Å². The highest BCUT2D eigenvalue weighted by Gasteiger charge is 2.56. The molecule has 0 aromatic carbocycles. The van der Waals surface area contributed by atoms with E-state index in [2.05, 4.69) is 21.9 Å². The lowest BCUT2D eigenvalue weighted by molar-refractivity contribution is 0.0652. The molecule has 2 aliphatic rings. The van der Waals surface area contributed by atoms with E-state index >= 15 is 0 Å². The lowest BCUT2D eigenvalue weighted by atomic mass is 9.92. The highest BCUT2D eigenvalue weighted by atomic mass is 32.1. The van der Waals surface area contributed by atoms with Gasteiger partial charge in [-0.05, 0) is 43.9 Å². The van der Waals surface area contributed by atoms with Gasteiger partial charge in [-0.15, -0.1) is 11.3 Å². The maximum atomic E-state index is 12.6. The molecule has 1 amide bonds. The second-order valence-corrected chi connectivity index (χ2v) is 8.09. The summed E-state index contributed by atoms with van der Waals surface area (Å²) in [5.41, 5.74) is 1.32. The third-order valence-corrected chi connectivity index (χ3v) is 6.39. The van der Waals surface area contributed by atoms with Crippen LogP contribution in [-0.2, 0) is 6.54 Å². The fraction of sp³-hybridized carbons (Fsp3) is 0.500. The van der Waals surface area contributed by atoms with Crippen molar-refractivity contribution < 1.29 is 4.79 Å². The second kappa shape index (κ2) is 6.28. The number of carbonyl (C=O) groups excluding carboxylic acids is 1. The molecule has 7 heteroatoms. The Bertz CT molecular complexity index is 798. The summed E-state index contributed by atoms with van der Waals surface area (Å²) in [5.74, 6) is 0.00434. The fourth-order valence-electron chi connectivity index (χ4n) is 4.05. The first kappa shape index (κ1) is 16.3. The lowest BCUT2D eigenvalue weighted by Gasteiger charge is -2.34. The predicted molar refractivity (Wildman–Crippen MR) is 95.1 cm³/mol. The van der Waals surface area contributed by atoms with Crippen LogP contribution in [0.4, 0.5) is 0 Å². The number of aromatic amines is 1. The van der Waals surface area contributed by atoms with Crippen LogP contribution in [0.15, 0.2) is 23.7 Å². The van der Waals surface area contributed by atoms with Gasteiger partial charge >= 0.3 is 0 Å². The maximum absolute atomic E-state index is 12.6. The summed E-state index contributed by atoms with van der Waals surface area (Å²) in [6.07, 6.45) is 5.19. The molecule has 1 saturated heterocycles. The molecule has 0 radical (unpaired) electrons. The van der Waals surface area contributed by atoms with Gasteiger partial charge in [0, 0.05) is 30.7 Å². The minimum absolute atomic E-state index is 0.00434. The summed E-state index contributed by atoms with van der Waals surface area (Å²) < 4.78 is 0. The van der Waals surface area contributed by atoms with Gasteiger partial charge in [0.15, 0.2) is 0 Å². The molecule has 1 spiro atoms. The van der Waals surface area contributed by atoms with Gasteiger partial charge in [0.25, 0.3) is 5.91 Å². The number of nitrogens with one attached hydrogen (secondary N) is 1. The number of H-pyrrole nitrogens is 1. The minimum atomic E-state index is 0.00434.